The highest BCUT2D eigenvalue weighted by Gasteiger charge is 2.15. The average molecular weight is 363 g/mol. The summed E-state index contributed by atoms with van der Waals surface area (Å²) in [6.45, 7) is 1.83. The van der Waals surface area contributed by atoms with Crippen LogP contribution in [0, 0.1) is 0 Å². The molecule has 0 radical (unpaired) electrons. The Labute approximate surface area is 157 Å². The zero-order valence-corrected chi connectivity index (χ0v) is 14.9. The van der Waals surface area contributed by atoms with Crippen molar-refractivity contribution in [3.63, 3.8) is 0 Å². The number of nitrogens with one attached hydrogen (secondary N) is 2. The number of rotatable bonds is 5. The van der Waals surface area contributed by atoms with Crippen LogP contribution in [-0.2, 0) is 9.53 Å². The molecular formula is C21H21N3O3. The minimum absolute atomic E-state index is 0.327. The summed E-state index contributed by atoms with van der Waals surface area (Å²) in [5.74, 6) is -0.885. The number of carbonyl (C=O) groups is 2. The quantitative estimate of drug-likeness (QED) is 0.680. The SMILES string of the molecule is O=C(COC(=O)c1c[nH]c2ccccc12)Nc1ccc(N2CCCC2)cc1. The molecule has 2 N–H and O–H groups in total. The molecule has 0 saturated carbocycles. The number of amides is 1. The van der Waals surface area contributed by atoms with Gasteiger partial charge in [-0.15, -0.1) is 0 Å². The van der Waals surface area contributed by atoms with Gasteiger partial charge in [-0.05, 0) is 43.2 Å². The van der Waals surface area contributed by atoms with E-state index in [0.29, 0.717) is 11.3 Å². The second kappa shape index (κ2) is 7.53. The van der Waals surface area contributed by atoms with Gasteiger partial charge in [-0.25, -0.2) is 4.79 Å². The van der Waals surface area contributed by atoms with Gasteiger partial charge in [-0.3, -0.25) is 4.79 Å². The molecule has 6 nitrogen and oxygen atoms in total. The van der Waals surface area contributed by atoms with E-state index in [-0.39, 0.29) is 12.5 Å². The maximum absolute atomic E-state index is 12.2. The molecule has 0 bridgehead atoms. The van der Waals surface area contributed by atoms with E-state index in [0.717, 1.165) is 29.7 Å². The zero-order chi connectivity index (χ0) is 18.6. The normalized spacial score (nSPS) is 13.7. The molecule has 4 rings (SSSR count). The van der Waals surface area contributed by atoms with E-state index < -0.39 is 5.97 Å². The molecular weight excluding hydrogens is 342 g/mol. The average Bonchev–Trinajstić information content (AvgIpc) is 3.37. The fourth-order valence-corrected chi connectivity index (χ4v) is 3.38. The molecule has 1 aliphatic heterocycles. The van der Waals surface area contributed by atoms with Crippen molar-refractivity contribution in [1.82, 2.24) is 4.98 Å². The van der Waals surface area contributed by atoms with Gasteiger partial charge in [0.05, 0.1) is 5.56 Å². The number of para-hydroxylation sites is 1. The van der Waals surface area contributed by atoms with Gasteiger partial charge in [0.15, 0.2) is 6.61 Å². The van der Waals surface area contributed by atoms with Crippen molar-refractivity contribution >= 4 is 34.2 Å². The summed E-state index contributed by atoms with van der Waals surface area (Å²) in [6, 6.07) is 15.2. The van der Waals surface area contributed by atoms with Crippen LogP contribution < -0.4 is 10.2 Å². The van der Waals surface area contributed by atoms with Crippen molar-refractivity contribution in [3.8, 4) is 0 Å². The number of carbonyl (C=O) groups excluding carboxylic acids is 2. The van der Waals surface area contributed by atoms with E-state index in [1.807, 2.05) is 48.5 Å². The van der Waals surface area contributed by atoms with Gasteiger partial charge in [0.25, 0.3) is 5.91 Å². The first-order valence-corrected chi connectivity index (χ1v) is 9.09. The van der Waals surface area contributed by atoms with Crippen LogP contribution in [0.4, 0.5) is 11.4 Å². The van der Waals surface area contributed by atoms with Gasteiger partial charge in [0.2, 0.25) is 0 Å². The highest BCUT2D eigenvalue weighted by molar-refractivity contribution is 6.05. The van der Waals surface area contributed by atoms with Crippen LogP contribution >= 0.6 is 0 Å². The van der Waals surface area contributed by atoms with Crippen LogP contribution in [0.15, 0.2) is 54.7 Å². The monoisotopic (exact) mass is 363 g/mol. The second-order valence-electron chi connectivity index (χ2n) is 6.61. The largest absolute Gasteiger partial charge is 0.452 e. The summed E-state index contributed by atoms with van der Waals surface area (Å²) in [5, 5.41) is 3.53. The molecule has 0 unspecified atom stereocenters. The van der Waals surface area contributed by atoms with Gasteiger partial charge in [-0.2, -0.15) is 0 Å². The molecule has 1 aromatic heterocycles. The molecule has 1 amide bonds. The Morgan fingerprint density at radius 1 is 1.04 bits per heavy atom. The molecule has 1 fully saturated rings. The first kappa shape index (κ1) is 17.1. The van der Waals surface area contributed by atoms with Crippen molar-refractivity contribution in [2.45, 2.75) is 12.8 Å². The predicted molar refractivity (Wildman–Crippen MR) is 105 cm³/mol. The van der Waals surface area contributed by atoms with Crippen molar-refractivity contribution in [2.24, 2.45) is 0 Å². The summed E-state index contributed by atoms with van der Waals surface area (Å²) in [6.07, 6.45) is 4.04. The number of aromatic nitrogens is 1. The number of hydrogen-bond acceptors (Lipinski definition) is 4. The van der Waals surface area contributed by atoms with Crippen LogP contribution in [0.25, 0.3) is 10.9 Å². The minimum atomic E-state index is -0.521. The Morgan fingerprint density at radius 2 is 1.78 bits per heavy atom. The first-order chi connectivity index (χ1) is 13.2. The third-order valence-electron chi connectivity index (χ3n) is 4.77. The van der Waals surface area contributed by atoms with Crippen molar-refractivity contribution in [2.75, 3.05) is 29.9 Å². The molecule has 0 aliphatic carbocycles. The van der Waals surface area contributed by atoms with Crippen LogP contribution in [0.2, 0.25) is 0 Å². The minimum Gasteiger partial charge on any atom is -0.452 e. The maximum atomic E-state index is 12.2. The van der Waals surface area contributed by atoms with E-state index in [2.05, 4.69) is 15.2 Å². The number of aromatic amines is 1. The third-order valence-corrected chi connectivity index (χ3v) is 4.77. The van der Waals surface area contributed by atoms with Gasteiger partial charge in [0.1, 0.15) is 0 Å². The van der Waals surface area contributed by atoms with E-state index in [4.69, 9.17) is 4.74 Å². The van der Waals surface area contributed by atoms with E-state index in [1.54, 1.807) is 6.20 Å². The number of fused-ring (bicyclic) bond motifs is 1. The van der Waals surface area contributed by atoms with Crippen LogP contribution in [-0.4, -0.2) is 36.6 Å². The molecule has 2 heterocycles. The molecule has 27 heavy (non-hydrogen) atoms. The number of ether oxygens (including phenoxy) is 1. The molecule has 1 aliphatic rings. The summed E-state index contributed by atoms with van der Waals surface area (Å²) >= 11 is 0. The predicted octanol–water partition coefficient (Wildman–Crippen LogP) is 3.56. The lowest BCUT2D eigenvalue weighted by Gasteiger charge is -2.17. The summed E-state index contributed by atoms with van der Waals surface area (Å²) in [4.78, 5) is 29.7. The molecule has 0 spiro atoms. The van der Waals surface area contributed by atoms with Crippen molar-refractivity contribution in [3.05, 3.63) is 60.3 Å². The Balaban J connectivity index is 1.32. The Bertz CT molecular complexity index is 956. The van der Waals surface area contributed by atoms with Crippen molar-refractivity contribution < 1.29 is 14.3 Å². The molecule has 138 valence electrons. The number of anilines is 2. The fourth-order valence-electron chi connectivity index (χ4n) is 3.38. The lowest BCUT2D eigenvalue weighted by atomic mass is 10.2. The smallest absolute Gasteiger partial charge is 0.340 e. The number of benzene rings is 2. The van der Waals surface area contributed by atoms with E-state index in [1.165, 1.54) is 12.8 Å². The van der Waals surface area contributed by atoms with E-state index >= 15 is 0 Å². The zero-order valence-electron chi connectivity index (χ0n) is 14.9. The van der Waals surface area contributed by atoms with Crippen LogP contribution in [0.1, 0.15) is 23.2 Å². The van der Waals surface area contributed by atoms with Gasteiger partial charge in [-0.1, -0.05) is 18.2 Å². The maximum Gasteiger partial charge on any atom is 0.340 e. The number of nitrogens with zero attached hydrogens (tertiary/aromatic N) is 1. The van der Waals surface area contributed by atoms with Crippen LogP contribution in [0.5, 0.6) is 0 Å². The fraction of sp³-hybridized carbons (Fsp3) is 0.238. The van der Waals surface area contributed by atoms with Crippen molar-refractivity contribution in [1.29, 1.82) is 0 Å². The molecule has 3 aromatic rings. The van der Waals surface area contributed by atoms with Gasteiger partial charge in [0, 0.05) is 41.6 Å². The molecule has 1 saturated heterocycles. The lowest BCUT2D eigenvalue weighted by molar-refractivity contribution is -0.119. The molecule has 6 heteroatoms. The highest BCUT2D eigenvalue weighted by Crippen LogP contribution is 2.22. The molecule has 2 aromatic carbocycles. The van der Waals surface area contributed by atoms with Crippen LogP contribution in [0.3, 0.4) is 0 Å². The van der Waals surface area contributed by atoms with Gasteiger partial charge < -0.3 is 19.9 Å². The highest BCUT2D eigenvalue weighted by atomic mass is 16.5. The molecule has 0 atom stereocenters. The Morgan fingerprint density at radius 3 is 2.56 bits per heavy atom. The standard InChI is InChI=1S/C21H21N3O3/c25-20(23-15-7-9-16(10-8-15)24-11-3-4-12-24)14-27-21(26)18-13-22-19-6-2-1-5-17(18)19/h1-2,5-10,13,22H,3-4,11-12,14H2,(H,23,25). The second-order valence-corrected chi connectivity index (χ2v) is 6.61. The summed E-state index contributed by atoms with van der Waals surface area (Å²) in [7, 11) is 0. The summed E-state index contributed by atoms with van der Waals surface area (Å²) < 4.78 is 5.15. The van der Waals surface area contributed by atoms with E-state index in [9.17, 15) is 9.59 Å². The number of hydrogen-bond donors (Lipinski definition) is 2. The topological polar surface area (TPSA) is 74.4 Å². The Hall–Kier alpha value is -3.28. The number of H-pyrrole nitrogens is 1. The Kier molecular flexibility index (Phi) is 4.78. The lowest BCUT2D eigenvalue weighted by Crippen LogP contribution is -2.21. The van der Waals surface area contributed by atoms with Gasteiger partial charge >= 0.3 is 5.97 Å². The number of esters is 1. The first-order valence-electron chi connectivity index (χ1n) is 9.09. The third kappa shape index (κ3) is 3.79. The summed E-state index contributed by atoms with van der Waals surface area (Å²) in [5.41, 5.74) is 3.13.